The number of methoxy groups -OCH3 is 2. The third kappa shape index (κ3) is 2.26. The van der Waals surface area contributed by atoms with Gasteiger partial charge in [0.1, 0.15) is 11.6 Å². The van der Waals surface area contributed by atoms with Gasteiger partial charge in [-0.05, 0) is 24.1 Å². The molecule has 0 unspecified atom stereocenters. The number of hydrogen-bond donors (Lipinski definition) is 2. The molecule has 1 amide bonds. The van der Waals surface area contributed by atoms with Crippen LogP contribution in [0.1, 0.15) is 11.1 Å². The van der Waals surface area contributed by atoms with Gasteiger partial charge in [-0.1, -0.05) is 0 Å². The maximum Gasteiger partial charge on any atom is 0.261 e. The molecule has 0 spiro atoms. The largest absolute Gasteiger partial charge is 0.493 e. The number of primary amides is 1. The van der Waals surface area contributed by atoms with Crippen LogP contribution in [0.25, 0.3) is 5.70 Å². The maximum atomic E-state index is 11.4. The fraction of sp³-hybridized carbons (Fsp3) is 0.286. The summed E-state index contributed by atoms with van der Waals surface area (Å²) >= 11 is 0. The van der Waals surface area contributed by atoms with Crippen molar-refractivity contribution in [1.29, 1.82) is 5.26 Å². The first-order valence-corrected chi connectivity index (χ1v) is 6.05. The van der Waals surface area contributed by atoms with E-state index in [2.05, 4.69) is 5.32 Å². The Hall–Kier alpha value is -2.68. The highest BCUT2D eigenvalue weighted by atomic mass is 16.5. The zero-order valence-corrected chi connectivity index (χ0v) is 11.3. The molecule has 104 valence electrons. The lowest BCUT2D eigenvalue weighted by Crippen LogP contribution is -2.27. The van der Waals surface area contributed by atoms with Gasteiger partial charge in [-0.3, -0.25) is 4.79 Å². The first kappa shape index (κ1) is 13.7. The fourth-order valence-corrected chi connectivity index (χ4v) is 2.24. The van der Waals surface area contributed by atoms with E-state index in [9.17, 15) is 4.79 Å². The first-order valence-electron chi connectivity index (χ1n) is 6.05. The minimum atomic E-state index is -0.752. The third-order valence-electron chi connectivity index (χ3n) is 3.18. The third-order valence-corrected chi connectivity index (χ3v) is 3.18. The number of hydrogen-bond acceptors (Lipinski definition) is 5. The number of nitrogens with one attached hydrogen (secondary N) is 1. The monoisotopic (exact) mass is 273 g/mol. The quantitative estimate of drug-likeness (QED) is 0.620. The summed E-state index contributed by atoms with van der Waals surface area (Å²) in [5.41, 5.74) is 7.33. The molecule has 1 aliphatic heterocycles. The van der Waals surface area contributed by atoms with Gasteiger partial charge >= 0.3 is 0 Å². The van der Waals surface area contributed by atoms with Gasteiger partial charge in [0.15, 0.2) is 11.5 Å². The van der Waals surface area contributed by atoms with E-state index in [1.807, 2.05) is 12.1 Å². The molecule has 0 fully saturated rings. The number of amides is 1. The molecule has 1 heterocycles. The Morgan fingerprint density at radius 1 is 1.35 bits per heavy atom. The van der Waals surface area contributed by atoms with Crippen molar-refractivity contribution in [3.05, 3.63) is 28.8 Å². The highest BCUT2D eigenvalue weighted by Gasteiger charge is 2.22. The molecule has 0 radical (unpaired) electrons. The SMILES string of the molecule is COc1cc2c(cc1OC)/C(=C(/C#N)C(N)=O)NCC2. The number of rotatable bonds is 3. The molecule has 0 atom stereocenters. The predicted molar refractivity (Wildman–Crippen MR) is 73.0 cm³/mol. The van der Waals surface area contributed by atoms with Crippen molar-refractivity contribution in [2.75, 3.05) is 20.8 Å². The Morgan fingerprint density at radius 3 is 2.55 bits per heavy atom. The lowest BCUT2D eigenvalue weighted by molar-refractivity contribution is -0.114. The van der Waals surface area contributed by atoms with Crippen LogP contribution in [0, 0.1) is 11.3 Å². The van der Waals surface area contributed by atoms with Crippen LogP contribution in [0.5, 0.6) is 11.5 Å². The summed E-state index contributed by atoms with van der Waals surface area (Å²) in [7, 11) is 3.09. The van der Waals surface area contributed by atoms with E-state index in [4.69, 9.17) is 20.5 Å². The fourth-order valence-electron chi connectivity index (χ4n) is 2.24. The van der Waals surface area contributed by atoms with Gasteiger partial charge in [-0.25, -0.2) is 0 Å². The number of benzene rings is 1. The average Bonchev–Trinajstić information content (AvgIpc) is 2.46. The summed E-state index contributed by atoms with van der Waals surface area (Å²) < 4.78 is 10.5. The van der Waals surface area contributed by atoms with Crippen LogP contribution in [0.2, 0.25) is 0 Å². The Morgan fingerprint density at radius 2 is 2.00 bits per heavy atom. The summed E-state index contributed by atoms with van der Waals surface area (Å²) in [5, 5.41) is 12.2. The number of fused-ring (bicyclic) bond motifs is 1. The van der Waals surface area contributed by atoms with Gasteiger partial charge in [0, 0.05) is 12.1 Å². The second kappa shape index (κ2) is 5.53. The molecule has 0 aliphatic carbocycles. The van der Waals surface area contributed by atoms with E-state index < -0.39 is 5.91 Å². The van der Waals surface area contributed by atoms with E-state index in [-0.39, 0.29) is 5.57 Å². The summed E-state index contributed by atoms with van der Waals surface area (Å²) in [4.78, 5) is 11.4. The van der Waals surface area contributed by atoms with Gasteiger partial charge in [0.2, 0.25) is 0 Å². The Bertz CT molecular complexity index is 629. The Labute approximate surface area is 116 Å². The topological polar surface area (TPSA) is 97.4 Å². The molecule has 2 rings (SSSR count). The van der Waals surface area contributed by atoms with E-state index in [1.165, 1.54) is 7.11 Å². The molecule has 1 aromatic rings. The van der Waals surface area contributed by atoms with Crippen molar-refractivity contribution < 1.29 is 14.3 Å². The minimum Gasteiger partial charge on any atom is -0.493 e. The van der Waals surface area contributed by atoms with Gasteiger partial charge in [0.05, 0.1) is 19.9 Å². The zero-order chi connectivity index (χ0) is 14.7. The molecule has 1 aliphatic rings. The van der Waals surface area contributed by atoms with Crippen molar-refractivity contribution >= 4 is 11.6 Å². The number of ether oxygens (including phenoxy) is 2. The van der Waals surface area contributed by atoms with Crippen LogP contribution in [-0.2, 0) is 11.2 Å². The lowest BCUT2D eigenvalue weighted by atomic mass is 9.94. The van der Waals surface area contributed by atoms with Crippen molar-refractivity contribution in [2.24, 2.45) is 5.73 Å². The normalized spacial score (nSPS) is 15.4. The number of carbonyl (C=O) groups excluding carboxylic acids is 1. The van der Waals surface area contributed by atoms with Crippen LogP contribution >= 0.6 is 0 Å². The van der Waals surface area contributed by atoms with E-state index in [0.717, 1.165) is 17.5 Å². The van der Waals surface area contributed by atoms with Gasteiger partial charge < -0.3 is 20.5 Å². The van der Waals surface area contributed by atoms with Crippen LogP contribution < -0.4 is 20.5 Å². The first-order chi connectivity index (χ1) is 9.62. The number of nitrogens with two attached hydrogens (primary N) is 1. The molecular weight excluding hydrogens is 258 g/mol. The molecule has 20 heavy (non-hydrogen) atoms. The lowest BCUT2D eigenvalue weighted by Gasteiger charge is -2.23. The second-order valence-electron chi connectivity index (χ2n) is 4.27. The van der Waals surface area contributed by atoms with Crippen molar-refractivity contribution in [1.82, 2.24) is 5.32 Å². The second-order valence-corrected chi connectivity index (χ2v) is 4.27. The average molecular weight is 273 g/mol. The highest BCUT2D eigenvalue weighted by Crippen LogP contribution is 2.35. The van der Waals surface area contributed by atoms with Crippen molar-refractivity contribution in [2.45, 2.75) is 6.42 Å². The number of carbonyl (C=O) groups is 1. The van der Waals surface area contributed by atoms with E-state index in [0.29, 0.717) is 23.7 Å². The molecular formula is C14H15N3O3. The Balaban J connectivity index is 2.68. The molecule has 1 aromatic carbocycles. The number of nitrogens with zero attached hydrogens (tertiary/aromatic N) is 1. The van der Waals surface area contributed by atoms with Crippen molar-refractivity contribution in [3.63, 3.8) is 0 Å². The summed E-state index contributed by atoms with van der Waals surface area (Å²) in [6.45, 7) is 0.621. The standard InChI is InChI=1S/C14H15N3O3/c1-19-11-5-8-3-4-17-13(10(7-15)14(16)18)9(8)6-12(11)20-2/h5-6,17H,3-4H2,1-2H3,(H2,16,18)/b13-10+. The highest BCUT2D eigenvalue weighted by molar-refractivity contribution is 6.04. The van der Waals surface area contributed by atoms with Gasteiger partial charge in [-0.2, -0.15) is 5.26 Å². The van der Waals surface area contributed by atoms with Crippen LogP contribution in [0.4, 0.5) is 0 Å². The van der Waals surface area contributed by atoms with Gasteiger partial charge in [0.25, 0.3) is 5.91 Å². The minimum absolute atomic E-state index is 0.0850. The van der Waals surface area contributed by atoms with E-state index >= 15 is 0 Å². The van der Waals surface area contributed by atoms with Gasteiger partial charge in [-0.15, -0.1) is 0 Å². The van der Waals surface area contributed by atoms with E-state index in [1.54, 1.807) is 13.2 Å². The Kier molecular flexibility index (Phi) is 3.80. The molecule has 0 saturated carbocycles. The summed E-state index contributed by atoms with van der Waals surface area (Å²) in [6, 6.07) is 5.45. The smallest absolute Gasteiger partial charge is 0.261 e. The molecule has 0 bridgehead atoms. The molecule has 6 nitrogen and oxygen atoms in total. The molecule has 0 saturated heterocycles. The molecule has 0 aromatic heterocycles. The zero-order valence-electron chi connectivity index (χ0n) is 11.3. The number of nitriles is 1. The van der Waals surface area contributed by atoms with Crippen molar-refractivity contribution in [3.8, 4) is 17.6 Å². The molecule has 3 N–H and O–H groups in total. The summed E-state index contributed by atoms with van der Waals surface area (Å²) in [5.74, 6) is 0.400. The van der Waals surface area contributed by atoms with Crippen LogP contribution in [-0.4, -0.2) is 26.7 Å². The predicted octanol–water partition coefficient (Wildman–Crippen LogP) is 0.569. The molecule has 6 heteroatoms. The van der Waals surface area contributed by atoms with Crippen LogP contribution in [0.15, 0.2) is 17.7 Å². The maximum absolute atomic E-state index is 11.4. The summed E-state index contributed by atoms with van der Waals surface area (Å²) in [6.07, 6.45) is 0.761. The van der Waals surface area contributed by atoms with Crippen LogP contribution in [0.3, 0.4) is 0 Å².